The summed E-state index contributed by atoms with van der Waals surface area (Å²) >= 11 is 6.21. The van der Waals surface area contributed by atoms with E-state index in [1.165, 1.54) is 36.7 Å². The summed E-state index contributed by atoms with van der Waals surface area (Å²) in [5.74, 6) is -1.05. The van der Waals surface area contributed by atoms with Gasteiger partial charge >= 0.3 is 11.9 Å². The van der Waals surface area contributed by atoms with E-state index in [1.54, 1.807) is 77.7 Å². The molecule has 1 fully saturated rings. The maximum Gasteiger partial charge on any atom is 0.337 e. The topological polar surface area (TPSA) is 159 Å². The van der Waals surface area contributed by atoms with Crippen LogP contribution < -0.4 is 5.32 Å². The van der Waals surface area contributed by atoms with Gasteiger partial charge in [0.2, 0.25) is 0 Å². The molecule has 0 unspecified atom stereocenters. The molecule has 0 bridgehead atoms. The molecule has 0 radical (unpaired) electrons. The fraction of sp³-hybridized carbons (Fsp3) is 0.0606. The second kappa shape index (κ2) is 13.7. The molecule has 238 valence electrons. The summed E-state index contributed by atoms with van der Waals surface area (Å²) < 4.78 is 13.0. The number of nitrogens with one attached hydrogen (secondary N) is 1. The number of ether oxygens (including phenoxy) is 2. The number of thioether (sulfide) groups is 1. The second-order valence-corrected chi connectivity index (χ2v) is 11.7. The molecule has 5 heterocycles. The van der Waals surface area contributed by atoms with E-state index < -0.39 is 11.9 Å². The third kappa shape index (κ3) is 6.58. The van der Waals surface area contributed by atoms with Gasteiger partial charge in [-0.3, -0.25) is 9.59 Å². The minimum absolute atomic E-state index is 0.230. The van der Waals surface area contributed by atoms with E-state index in [4.69, 9.17) is 21.7 Å². The zero-order valence-electron chi connectivity index (χ0n) is 25.2. The summed E-state index contributed by atoms with van der Waals surface area (Å²) in [4.78, 5) is 55.7. The van der Waals surface area contributed by atoms with Crippen molar-refractivity contribution in [1.29, 1.82) is 0 Å². The number of nitrogens with zero attached hydrogens (tertiary/aromatic N) is 6. The van der Waals surface area contributed by atoms with Crippen molar-refractivity contribution < 1.29 is 28.7 Å². The Hall–Kier alpha value is -6.06. The van der Waals surface area contributed by atoms with Gasteiger partial charge in [0.1, 0.15) is 4.32 Å². The van der Waals surface area contributed by atoms with Crippen molar-refractivity contribution in [2.75, 3.05) is 14.2 Å². The molecule has 1 aliphatic heterocycles. The lowest BCUT2D eigenvalue weighted by Gasteiger charge is -2.05. The number of fused-ring (bicyclic) bond motifs is 2. The molecule has 48 heavy (non-hydrogen) atoms. The first-order valence-electron chi connectivity index (χ1n) is 14.0. The number of thiocarbonyl (C=S) groups is 1. The fourth-order valence-corrected chi connectivity index (χ4v) is 5.72. The highest BCUT2D eigenvalue weighted by Crippen LogP contribution is 2.28. The average Bonchev–Trinajstić information content (AvgIpc) is 3.83. The van der Waals surface area contributed by atoms with Crippen LogP contribution in [0, 0.1) is 0 Å². The van der Waals surface area contributed by atoms with Gasteiger partial charge in [0.15, 0.2) is 17.6 Å². The molecule has 4 aromatic heterocycles. The minimum atomic E-state index is -0.409. The predicted octanol–water partition coefficient (Wildman–Crippen LogP) is 4.67. The Bertz CT molecular complexity index is 2300. The summed E-state index contributed by atoms with van der Waals surface area (Å²) in [5, 5.41) is 10.9. The van der Waals surface area contributed by atoms with Gasteiger partial charge in [0.05, 0.1) is 59.6 Å². The van der Waals surface area contributed by atoms with Crippen molar-refractivity contribution >= 4 is 69.8 Å². The molecule has 13 nitrogen and oxygen atoms in total. The molecule has 7 rings (SSSR count). The largest absolute Gasteiger partial charge is 0.465 e. The highest BCUT2D eigenvalue weighted by atomic mass is 32.2. The summed E-state index contributed by atoms with van der Waals surface area (Å²) in [7, 11) is 2.68. The number of hydrogen-bond donors (Lipinski definition) is 1. The number of benzene rings is 2. The Morgan fingerprint density at radius 1 is 0.812 bits per heavy atom. The van der Waals surface area contributed by atoms with Crippen molar-refractivity contribution in [3.8, 4) is 22.5 Å². The van der Waals surface area contributed by atoms with Gasteiger partial charge in [-0.05, 0) is 42.5 Å². The maximum atomic E-state index is 11.9. The molecule has 0 atom stereocenters. The molecule has 1 amide bonds. The molecule has 1 saturated heterocycles. The Labute approximate surface area is 281 Å². The molecule has 1 N–H and O–H groups in total. The molecular weight excluding hydrogens is 655 g/mol. The zero-order chi connectivity index (χ0) is 33.8. The number of amides is 1. The Balaban J connectivity index is 0.000000173. The number of hydrogen-bond acceptors (Lipinski definition) is 12. The van der Waals surface area contributed by atoms with Crippen LogP contribution in [0.4, 0.5) is 0 Å². The van der Waals surface area contributed by atoms with Gasteiger partial charge in [-0.25, -0.2) is 28.6 Å². The van der Waals surface area contributed by atoms with Crippen LogP contribution in [0.15, 0.2) is 90.4 Å². The Morgan fingerprint density at radius 2 is 1.33 bits per heavy atom. The number of esters is 2. The van der Waals surface area contributed by atoms with E-state index >= 15 is 0 Å². The lowest BCUT2D eigenvalue weighted by atomic mass is 10.1. The number of aldehydes is 1. The first kappa shape index (κ1) is 31.9. The van der Waals surface area contributed by atoms with Gasteiger partial charge in [-0.1, -0.05) is 48.2 Å². The normalized spacial score (nSPS) is 13.2. The van der Waals surface area contributed by atoms with Crippen LogP contribution in [0.2, 0.25) is 0 Å². The monoisotopic (exact) mass is 677 g/mol. The van der Waals surface area contributed by atoms with Crippen molar-refractivity contribution in [3.63, 3.8) is 0 Å². The van der Waals surface area contributed by atoms with Crippen molar-refractivity contribution in [1.82, 2.24) is 34.5 Å². The first-order valence-corrected chi connectivity index (χ1v) is 15.3. The van der Waals surface area contributed by atoms with E-state index in [0.29, 0.717) is 60.4 Å². The quantitative estimate of drug-likeness (QED) is 0.113. The standard InChI is InChI=1S/C18H12N4O3S2.C15H11N3O3/c1-25-17(24)11-4-2-3-10(7-11)13-5-6-22-15(20-13)12(9-19-22)8-14-16(23)21-18(26)27-14;1-21-15(20)11-4-2-3-10(7-11)13-5-6-18-14(17-13)12(9-19)8-16-18/h2-9H,1H3,(H,21,23,26);2-9H,1H3/b14-8-;. The number of rotatable bonds is 6. The van der Waals surface area contributed by atoms with Crippen LogP contribution in [-0.2, 0) is 14.3 Å². The summed E-state index contributed by atoms with van der Waals surface area (Å²) in [6.07, 6.45) is 9.02. The van der Waals surface area contributed by atoms with Crippen molar-refractivity contribution in [2.45, 2.75) is 0 Å². The van der Waals surface area contributed by atoms with Crippen LogP contribution in [0.1, 0.15) is 36.6 Å². The number of carbonyl (C=O) groups is 4. The van der Waals surface area contributed by atoms with Crippen LogP contribution >= 0.6 is 24.0 Å². The molecule has 15 heteroatoms. The smallest absolute Gasteiger partial charge is 0.337 e. The average molecular weight is 678 g/mol. The minimum Gasteiger partial charge on any atom is -0.465 e. The Kier molecular flexibility index (Phi) is 9.13. The van der Waals surface area contributed by atoms with Gasteiger partial charge < -0.3 is 14.8 Å². The van der Waals surface area contributed by atoms with Crippen LogP contribution in [0.25, 0.3) is 39.9 Å². The summed E-state index contributed by atoms with van der Waals surface area (Å²) in [5.41, 5.74) is 5.93. The predicted molar refractivity (Wildman–Crippen MR) is 181 cm³/mol. The lowest BCUT2D eigenvalue weighted by Crippen LogP contribution is -2.17. The summed E-state index contributed by atoms with van der Waals surface area (Å²) in [6.45, 7) is 0. The van der Waals surface area contributed by atoms with Crippen LogP contribution in [0.5, 0.6) is 0 Å². The fourth-order valence-electron chi connectivity index (χ4n) is 4.69. The first-order chi connectivity index (χ1) is 23.3. The van der Waals surface area contributed by atoms with E-state index in [0.717, 1.165) is 11.1 Å². The number of carbonyl (C=O) groups excluding carboxylic acids is 4. The lowest BCUT2D eigenvalue weighted by molar-refractivity contribution is -0.115. The van der Waals surface area contributed by atoms with Gasteiger partial charge in [-0.15, -0.1) is 0 Å². The highest BCUT2D eigenvalue weighted by molar-refractivity contribution is 8.26. The third-order valence-electron chi connectivity index (χ3n) is 7.01. The van der Waals surface area contributed by atoms with Crippen molar-refractivity contribution in [2.24, 2.45) is 0 Å². The maximum absolute atomic E-state index is 11.9. The molecule has 0 spiro atoms. The number of methoxy groups -OCH3 is 2. The molecule has 1 aliphatic rings. The Morgan fingerprint density at radius 3 is 1.81 bits per heavy atom. The second-order valence-electron chi connectivity index (χ2n) is 9.98. The van der Waals surface area contributed by atoms with Crippen LogP contribution in [0.3, 0.4) is 0 Å². The van der Waals surface area contributed by atoms with E-state index in [9.17, 15) is 19.2 Å². The SMILES string of the molecule is COC(=O)c1cccc(-c2ccn3ncc(/C=C4\SC(=S)NC4=O)c3n2)c1.COC(=O)c1cccc(-c2ccn3ncc(C=O)c3n2)c1. The molecule has 2 aromatic carbocycles. The van der Waals surface area contributed by atoms with E-state index in [2.05, 4.69) is 25.5 Å². The van der Waals surface area contributed by atoms with Gasteiger partial charge in [-0.2, -0.15) is 10.2 Å². The van der Waals surface area contributed by atoms with Gasteiger partial charge in [0, 0.05) is 29.1 Å². The highest BCUT2D eigenvalue weighted by Gasteiger charge is 2.23. The molecule has 0 aliphatic carbocycles. The van der Waals surface area contributed by atoms with E-state index in [-0.39, 0.29) is 5.91 Å². The molecule has 0 saturated carbocycles. The van der Waals surface area contributed by atoms with Crippen LogP contribution in [-0.4, -0.2) is 71.9 Å². The molecule has 6 aromatic rings. The zero-order valence-corrected chi connectivity index (χ0v) is 26.8. The van der Waals surface area contributed by atoms with Gasteiger partial charge in [0.25, 0.3) is 5.91 Å². The van der Waals surface area contributed by atoms with E-state index in [1.807, 2.05) is 12.1 Å². The number of aromatic nitrogens is 6. The van der Waals surface area contributed by atoms with Crippen molar-refractivity contribution in [3.05, 3.63) is 113 Å². The molecular formula is C33H23N7O6S2. The third-order valence-corrected chi connectivity index (χ3v) is 8.17. The summed E-state index contributed by atoms with van der Waals surface area (Å²) in [6, 6.07) is 17.6.